The molecule has 3 rings (SSSR count). The smallest absolute Gasteiger partial charge is 0.265 e. The standard InChI is InChI=1S/C20H21ClN2O5/c1-22(2)20(25)17-11-23(14-7-5-6-8-15(14)28-17)19(24)12-9-13(21)18(27-4)16(10-12)26-3/h5-10,17H,11H2,1-4H3/t17-/m1/s1. The summed E-state index contributed by atoms with van der Waals surface area (Å²) in [6.45, 7) is 0.0822. The van der Waals surface area contributed by atoms with Crippen LogP contribution in [0.2, 0.25) is 5.02 Å². The van der Waals surface area contributed by atoms with Crippen molar-refractivity contribution in [1.82, 2.24) is 4.90 Å². The second-order valence-corrected chi connectivity index (χ2v) is 6.82. The lowest BCUT2D eigenvalue weighted by Crippen LogP contribution is -2.50. The van der Waals surface area contributed by atoms with E-state index < -0.39 is 6.10 Å². The summed E-state index contributed by atoms with van der Waals surface area (Å²) in [5, 5.41) is 0.257. The Bertz CT molecular complexity index is 915. The molecule has 0 radical (unpaired) electrons. The lowest BCUT2D eigenvalue weighted by molar-refractivity contribution is -0.135. The van der Waals surface area contributed by atoms with Crippen molar-refractivity contribution in [3.63, 3.8) is 0 Å². The maximum absolute atomic E-state index is 13.3. The van der Waals surface area contributed by atoms with Crippen LogP contribution in [-0.4, -0.2) is 57.7 Å². The molecule has 0 fully saturated rings. The highest BCUT2D eigenvalue weighted by Crippen LogP contribution is 2.38. The minimum absolute atomic E-state index is 0.0822. The van der Waals surface area contributed by atoms with Crippen molar-refractivity contribution in [1.29, 1.82) is 0 Å². The van der Waals surface area contributed by atoms with Gasteiger partial charge in [0.1, 0.15) is 5.75 Å². The van der Waals surface area contributed by atoms with Gasteiger partial charge in [-0.1, -0.05) is 23.7 Å². The molecule has 0 aliphatic carbocycles. The van der Waals surface area contributed by atoms with Crippen LogP contribution in [0.15, 0.2) is 36.4 Å². The van der Waals surface area contributed by atoms with Gasteiger partial charge in [0.05, 0.1) is 31.5 Å². The Labute approximate surface area is 168 Å². The van der Waals surface area contributed by atoms with Gasteiger partial charge < -0.3 is 24.0 Å². The van der Waals surface area contributed by atoms with Crippen molar-refractivity contribution in [3.05, 3.63) is 47.0 Å². The molecule has 7 nitrogen and oxygen atoms in total. The zero-order chi connectivity index (χ0) is 20.4. The zero-order valence-corrected chi connectivity index (χ0v) is 16.8. The first-order chi connectivity index (χ1) is 13.4. The van der Waals surface area contributed by atoms with Crippen LogP contribution in [0.3, 0.4) is 0 Å². The Balaban J connectivity index is 2.03. The summed E-state index contributed by atoms with van der Waals surface area (Å²) in [5.41, 5.74) is 0.900. The number of hydrogen-bond donors (Lipinski definition) is 0. The predicted octanol–water partition coefficient (Wildman–Crippen LogP) is 2.85. The Kier molecular flexibility index (Phi) is 5.65. The molecule has 1 atom stereocenters. The molecular weight excluding hydrogens is 384 g/mol. The fraction of sp³-hybridized carbons (Fsp3) is 0.300. The molecule has 2 aromatic rings. The quantitative estimate of drug-likeness (QED) is 0.783. The third-order valence-corrected chi connectivity index (χ3v) is 4.70. The second kappa shape index (κ2) is 7.98. The highest BCUT2D eigenvalue weighted by atomic mass is 35.5. The third kappa shape index (κ3) is 3.57. The highest BCUT2D eigenvalue weighted by molar-refractivity contribution is 6.33. The van der Waals surface area contributed by atoms with Crippen molar-refractivity contribution in [3.8, 4) is 17.2 Å². The second-order valence-electron chi connectivity index (χ2n) is 6.42. The van der Waals surface area contributed by atoms with Gasteiger partial charge in [-0.25, -0.2) is 0 Å². The minimum Gasteiger partial charge on any atom is -0.493 e. The fourth-order valence-corrected chi connectivity index (χ4v) is 3.33. The van der Waals surface area contributed by atoms with Gasteiger partial charge in [-0.3, -0.25) is 9.59 Å². The van der Waals surface area contributed by atoms with Gasteiger partial charge >= 0.3 is 0 Å². The number of fused-ring (bicyclic) bond motifs is 1. The first-order valence-electron chi connectivity index (χ1n) is 8.57. The molecule has 0 unspecified atom stereocenters. The van der Waals surface area contributed by atoms with Crippen molar-refractivity contribution in [2.45, 2.75) is 6.10 Å². The van der Waals surface area contributed by atoms with Gasteiger partial charge in [-0.05, 0) is 24.3 Å². The maximum Gasteiger partial charge on any atom is 0.265 e. The summed E-state index contributed by atoms with van der Waals surface area (Å²) in [4.78, 5) is 28.7. The molecule has 1 aliphatic rings. The number of carbonyl (C=O) groups is 2. The molecule has 2 amide bonds. The molecule has 148 valence electrons. The van der Waals surface area contributed by atoms with Gasteiger partial charge in [0, 0.05) is 19.7 Å². The third-order valence-electron chi connectivity index (χ3n) is 4.42. The number of methoxy groups -OCH3 is 2. The van der Waals surface area contributed by atoms with Crippen molar-refractivity contribution in [2.24, 2.45) is 0 Å². The van der Waals surface area contributed by atoms with Crippen LogP contribution in [0, 0.1) is 0 Å². The van der Waals surface area contributed by atoms with Crippen LogP contribution in [0.5, 0.6) is 17.2 Å². The molecule has 1 heterocycles. The van der Waals surface area contributed by atoms with Gasteiger partial charge in [-0.15, -0.1) is 0 Å². The van der Waals surface area contributed by atoms with Gasteiger partial charge in [0.2, 0.25) is 0 Å². The van der Waals surface area contributed by atoms with E-state index in [2.05, 4.69) is 0 Å². The summed E-state index contributed by atoms with van der Waals surface area (Å²) >= 11 is 6.26. The van der Waals surface area contributed by atoms with Crippen LogP contribution >= 0.6 is 11.6 Å². The normalized spacial score (nSPS) is 15.3. The number of rotatable bonds is 4. The SMILES string of the molecule is COc1cc(C(=O)N2C[C@H](C(=O)N(C)C)Oc3ccccc32)cc(Cl)c1OC. The fourth-order valence-electron chi connectivity index (χ4n) is 3.04. The van der Waals surface area contributed by atoms with Crippen LogP contribution in [0.25, 0.3) is 0 Å². The number of ether oxygens (including phenoxy) is 3. The topological polar surface area (TPSA) is 68.3 Å². The Morgan fingerprint density at radius 1 is 1.18 bits per heavy atom. The molecule has 0 N–H and O–H groups in total. The number of carbonyl (C=O) groups excluding carboxylic acids is 2. The summed E-state index contributed by atoms with van der Waals surface area (Å²) in [6.07, 6.45) is -0.801. The number of halogens is 1. The number of likely N-dealkylation sites (N-methyl/N-ethyl adjacent to an activating group) is 1. The Morgan fingerprint density at radius 3 is 2.54 bits per heavy atom. The number of para-hydroxylation sites is 2. The number of benzene rings is 2. The lowest BCUT2D eigenvalue weighted by atomic mass is 10.1. The van der Waals surface area contributed by atoms with E-state index in [1.165, 1.54) is 30.1 Å². The summed E-state index contributed by atoms with van der Waals surface area (Å²) < 4.78 is 16.3. The van der Waals surface area contributed by atoms with E-state index in [0.29, 0.717) is 28.5 Å². The van der Waals surface area contributed by atoms with E-state index in [1.807, 2.05) is 0 Å². The van der Waals surface area contributed by atoms with E-state index in [0.717, 1.165) is 0 Å². The summed E-state index contributed by atoms with van der Waals surface area (Å²) in [5.74, 6) is 0.617. The number of nitrogens with zero attached hydrogens (tertiary/aromatic N) is 2. The Hall–Kier alpha value is -2.93. The monoisotopic (exact) mass is 404 g/mol. The molecular formula is C20H21ClN2O5. The highest BCUT2D eigenvalue weighted by Gasteiger charge is 2.35. The number of anilines is 1. The zero-order valence-electron chi connectivity index (χ0n) is 16.1. The van der Waals surface area contributed by atoms with E-state index in [9.17, 15) is 9.59 Å². The lowest BCUT2D eigenvalue weighted by Gasteiger charge is -2.35. The maximum atomic E-state index is 13.3. The van der Waals surface area contributed by atoms with Gasteiger partial charge in [0.15, 0.2) is 17.6 Å². The largest absolute Gasteiger partial charge is 0.493 e. The number of amides is 2. The average Bonchev–Trinajstić information content (AvgIpc) is 2.70. The van der Waals surface area contributed by atoms with E-state index in [1.54, 1.807) is 44.4 Å². The molecule has 8 heteroatoms. The van der Waals surface area contributed by atoms with E-state index >= 15 is 0 Å². The first kappa shape index (κ1) is 19.8. The van der Waals surface area contributed by atoms with Crippen LogP contribution in [0.4, 0.5) is 5.69 Å². The van der Waals surface area contributed by atoms with Crippen molar-refractivity contribution in [2.75, 3.05) is 39.8 Å². The average molecular weight is 405 g/mol. The van der Waals surface area contributed by atoms with Crippen LogP contribution < -0.4 is 19.1 Å². The first-order valence-corrected chi connectivity index (χ1v) is 8.95. The molecule has 0 bridgehead atoms. The van der Waals surface area contributed by atoms with E-state index in [-0.39, 0.29) is 23.4 Å². The summed E-state index contributed by atoms with van der Waals surface area (Å²) in [6, 6.07) is 10.2. The van der Waals surface area contributed by atoms with Crippen molar-refractivity contribution >= 4 is 29.1 Å². The van der Waals surface area contributed by atoms with Crippen LogP contribution in [0.1, 0.15) is 10.4 Å². The molecule has 0 aromatic heterocycles. The molecule has 0 saturated carbocycles. The summed E-state index contributed by atoms with van der Waals surface area (Å²) in [7, 11) is 6.23. The Morgan fingerprint density at radius 2 is 1.89 bits per heavy atom. The minimum atomic E-state index is -0.801. The van der Waals surface area contributed by atoms with Gasteiger partial charge in [0.25, 0.3) is 11.8 Å². The molecule has 2 aromatic carbocycles. The predicted molar refractivity (Wildman–Crippen MR) is 106 cm³/mol. The van der Waals surface area contributed by atoms with Gasteiger partial charge in [-0.2, -0.15) is 0 Å². The molecule has 28 heavy (non-hydrogen) atoms. The van der Waals surface area contributed by atoms with Crippen LogP contribution in [-0.2, 0) is 4.79 Å². The molecule has 1 aliphatic heterocycles. The number of hydrogen-bond acceptors (Lipinski definition) is 5. The van der Waals surface area contributed by atoms with E-state index in [4.69, 9.17) is 25.8 Å². The van der Waals surface area contributed by atoms with Crippen molar-refractivity contribution < 1.29 is 23.8 Å². The molecule has 0 saturated heterocycles. The molecule has 0 spiro atoms.